The lowest BCUT2D eigenvalue weighted by Gasteiger charge is -2.03. The molecular weight excluding hydrogens is 239 g/mol. The Labute approximate surface area is 101 Å². The van der Waals surface area contributed by atoms with Gasteiger partial charge in [-0.3, -0.25) is 4.79 Å². The molecule has 0 aliphatic rings. The number of nitrogens with one attached hydrogen (secondary N) is 1. The molecule has 0 bridgehead atoms. The number of hydrogen-bond donors (Lipinski definition) is 2. The van der Waals surface area contributed by atoms with E-state index in [4.69, 9.17) is 5.11 Å². The third-order valence-corrected chi connectivity index (χ3v) is 2.50. The summed E-state index contributed by atoms with van der Waals surface area (Å²) in [4.78, 5) is 22.0. The van der Waals surface area contributed by atoms with Gasteiger partial charge in [0.05, 0.1) is 5.69 Å². The number of benzene rings is 1. The third-order valence-electron chi connectivity index (χ3n) is 2.50. The first kappa shape index (κ1) is 12.0. The zero-order chi connectivity index (χ0) is 13.3. The standard InChI is InChI=1S/C12H9FN2O3/c1-6-2-3-7(4-9(6)13)10-5-8(12(17)18)11(16)15-14-10/h2-5H,1H3,(H,15,16)(H,17,18). The van der Waals surface area contributed by atoms with Crippen LogP contribution >= 0.6 is 0 Å². The van der Waals surface area contributed by atoms with Crippen molar-refractivity contribution in [3.05, 3.63) is 51.6 Å². The Morgan fingerprint density at radius 1 is 1.39 bits per heavy atom. The minimum absolute atomic E-state index is 0.200. The summed E-state index contributed by atoms with van der Waals surface area (Å²) < 4.78 is 13.4. The molecule has 0 aliphatic heterocycles. The number of aryl methyl sites for hydroxylation is 1. The highest BCUT2D eigenvalue weighted by Crippen LogP contribution is 2.19. The maximum atomic E-state index is 13.4. The second kappa shape index (κ2) is 4.40. The molecular formula is C12H9FN2O3. The van der Waals surface area contributed by atoms with Gasteiger partial charge in [0, 0.05) is 5.56 Å². The van der Waals surface area contributed by atoms with Gasteiger partial charge in [-0.25, -0.2) is 14.3 Å². The van der Waals surface area contributed by atoms with Gasteiger partial charge in [0.1, 0.15) is 11.4 Å². The summed E-state index contributed by atoms with van der Waals surface area (Å²) >= 11 is 0. The number of aromatic nitrogens is 2. The van der Waals surface area contributed by atoms with E-state index < -0.39 is 22.9 Å². The molecule has 0 aliphatic carbocycles. The highest BCUT2D eigenvalue weighted by atomic mass is 19.1. The van der Waals surface area contributed by atoms with E-state index in [9.17, 15) is 14.0 Å². The van der Waals surface area contributed by atoms with Gasteiger partial charge >= 0.3 is 5.97 Å². The number of carboxylic acids is 1. The number of rotatable bonds is 2. The first-order chi connectivity index (χ1) is 8.49. The van der Waals surface area contributed by atoms with Crippen molar-refractivity contribution in [2.45, 2.75) is 6.92 Å². The van der Waals surface area contributed by atoms with Crippen LogP contribution in [0, 0.1) is 12.7 Å². The predicted octanol–water partition coefficient (Wildman–Crippen LogP) is 1.58. The molecule has 1 heterocycles. The maximum absolute atomic E-state index is 13.4. The largest absolute Gasteiger partial charge is 0.477 e. The Hall–Kier alpha value is -2.50. The molecule has 0 spiro atoms. The molecule has 1 aromatic carbocycles. The molecule has 0 unspecified atom stereocenters. The van der Waals surface area contributed by atoms with E-state index in [1.165, 1.54) is 6.07 Å². The number of halogens is 1. The minimum atomic E-state index is -1.35. The second-order valence-electron chi connectivity index (χ2n) is 3.77. The normalized spacial score (nSPS) is 10.3. The monoisotopic (exact) mass is 248 g/mol. The molecule has 2 aromatic rings. The zero-order valence-corrected chi connectivity index (χ0v) is 9.40. The number of aromatic carboxylic acids is 1. The molecule has 6 heteroatoms. The molecule has 92 valence electrons. The van der Waals surface area contributed by atoms with Gasteiger partial charge in [-0.1, -0.05) is 12.1 Å². The molecule has 18 heavy (non-hydrogen) atoms. The van der Waals surface area contributed by atoms with Gasteiger partial charge in [0.2, 0.25) is 0 Å². The average molecular weight is 248 g/mol. The molecule has 2 rings (SSSR count). The van der Waals surface area contributed by atoms with Gasteiger partial charge in [-0.2, -0.15) is 5.10 Å². The second-order valence-corrected chi connectivity index (χ2v) is 3.77. The average Bonchev–Trinajstić information content (AvgIpc) is 2.33. The van der Waals surface area contributed by atoms with E-state index >= 15 is 0 Å². The van der Waals surface area contributed by atoms with E-state index in [0.717, 1.165) is 6.07 Å². The summed E-state index contributed by atoms with van der Waals surface area (Å²) in [6.45, 7) is 1.61. The number of aromatic amines is 1. The highest BCUT2D eigenvalue weighted by molar-refractivity contribution is 5.88. The smallest absolute Gasteiger partial charge is 0.341 e. The minimum Gasteiger partial charge on any atom is -0.477 e. The Morgan fingerprint density at radius 3 is 2.72 bits per heavy atom. The van der Waals surface area contributed by atoms with Crippen LogP contribution in [0.15, 0.2) is 29.1 Å². The van der Waals surface area contributed by atoms with Crippen LogP contribution in [0.2, 0.25) is 0 Å². The van der Waals surface area contributed by atoms with Crippen LogP contribution in [0.1, 0.15) is 15.9 Å². The zero-order valence-electron chi connectivity index (χ0n) is 9.40. The van der Waals surface area contributed by atoms with Crippen molar-refractivity contribution >= 4 is 5.97 Å². The molecule has 1 aromatic heterocycles. The Morgan fingerprint density at radius 2 is 2.11 bits per heavy atom. The molecule has 5 nitrogen and oxygen atoms in total. The van der Waals surface area contributed by atoms with Crippen molar-refractivity contribution < 1.29 is 14.3 Å². The molecule has 0 radical (unpaired) electrons. The van der Waals surface area contributed by atoms with Gasteiger partial charge in [-0.15, -0.1) is 0 Å². The van der Waals surface area contributed by atoms with Crippen LogP contribution < -0.4 is 5.56 Å². The first-order valence-electron chi connectivity index (χ1n) is 5.08. The fourth-order valence-corrected chi connectivity index (χ4v) is 1.46. The summed E-state index contributed by atoms with van der Waals surface area (Å²) in [7, 11) is 0. The topological polar surface area (TPSA) is 83.0 Å². The maximum Gasteiger partial charge on any atom is 0.341 e. The Bertz CT molecular complexity index is 679. The van der Waals surface area contributed by atoms with Crippen LogP contribution in [0.3, 0.4) is 0 Å². The molecule has 0 atom stereocenters. The number of H-pyrrole nitrogens is 1. The molecule has 0 saturated carbocycles. The van der Waals surface area contributed by atoms with Crippen LogP contribution in [0.25, 0.3) is 11.3 Å². The quantitative estimate of drug-likeness (QED) is 0.845. The molecule has 2 N–H and O–H groups in total. The van der Waals surface area contributed by atoms with Crippen molar-refractivity contribution in [1.29, 1.82) is 0 Å². The van der Waals surface area contributed by atoms with Gasteiger partial charge < -0.3 is 5.11 Å². The number of nitrogens with zero attached hydrogens (tertiary/aromatic N) is 1. The molecule has 0 fully saturated rings. The van der Waals surface area contributed by atoms with E-state index in [-0.39, 0.29) is 5.69 Å². The lowest BCUT2D eigenvalue weighted by Crippen LogP contribution is -2.18. The fourth-order valence-electron chi connectivity index (χ4n) is 1.46. The molecule has 0 saturated heterocycles. The van der Waals surface area contributed by atoms with E-state index in [1.807, 2.05) is 0 Å². The summed E-state index contributed by atoms with van der Waals surface area (Å²) in [5.41, 5.74) is -0.149. The number of hydrogen-bond acceptors (Lipinski definition) is 3. The summed E-state index contributed by atoms with van der Waals surface area (Å²) in [5.74, 6) is -1.77. The number of carboxylic acid groups (broad SMARTS) is 1. The van der Waals surface area contributed by atoms with Gasteiger partial charge in [0.15, 0.2) is 0 Å². The fraction of sp³-hybridized carbons (Fsp3) is 0.0833. The molecule has 0 amide bonds. The highest BCUT2D eigenvalue weighted by Gasteiger charge is 2.12. The summed E-state index contributed by atoms with van der Waals surface area (Å²) in [6.07, 6.45) is 0. The van der Waals surface area contributed by atoms with Crippen LogP contribution in [0.5, 0.6) is 0 Å². The van der Waals surface area contributed by atoms with E-state index in [1.54, 1.807) is 19.1 Å². The van der Waals surface area contributed by atoms with Crippen LogP contribution in [-0.2, 0) is 0 Å². The van der Waals surface area contributed by atoms with Crippen molar-refractivity contribution in [3.63, 3.8) is 0 Å². The van der Waals surface area contributed by atoms with E-state index in [0.29, 0.717) is 11.1 Å². The van der Waals surface area contributed by atoms with Crippen molar-refractivity contribution in [2.24, 2.45) is 0 Å². The summed E-state index contributed by atoms with van der Waals surface area (Å²) in [5, 5.41) is 14.6. The van der Waals surface area contributed by atoms with Crippen molar-refractivity contribution in [2.75, 3.05) is 0 Å². The van der Waals surface area contributed by atoms with Crippen LogP contribution in [-0.4, -0.2) is 21.3 Å². The lowest BCUT2D eigenvalue weighted by atomic mass is 10.1. The Kier molecular flexibility index (Phi) is 2.93. The van der Waals surface area contributed by atoms with Gasteiger partial charge in [0.25, 0.3) is 5.56 Å². The van der Waals surface area contributed by atoms with Crippen LogP contribution in [0.4, 0.5) is 4.39 Å². The Balaban J connectivity index is 2.57. The van der Waals surface area contributed by atoms with Crippen molar-refractivity contribution in [1.82, 2.24) is 10.2 Å². The van der Waals surface area contributed by atoms with Gasteiger partial charge in [-0.05, 0) is 24.6 Å². The number of carbonyl (C=O) groups is 1. The summed E-state index contributed by atoms with van der Waals surface area (Å²) in [6, 6.07) is 5.51. The third kappa shape index (κ3) is 2.13. The lowest BCUT2D eigenvalue weighted by molar-refractivity contribution is 0.0694. The predicted molar refractivity (Wildman–Crippen MR) is 61.9 cm³/mol. The SMILES string of the molecule is Cc1ccc(-c2cc(C(=O)O)c(=O)[nH]n2)cc1F. The first-order valence-corrected chi connectivity index (χ1v) is 5.08. The van der Waals surface area contributed by atoms with E-state index in [2.05, 4.69) is 10.2 Å². The van der Waals surface area contributed by atoms with Crippen molar-refractivity contribution in [3.8, 4) is 11.3 Å².